The second kappa shape index (κ2) is 10.4. The molecule has 3 N–H and O–H groups in total. The van der Waals surface area contributed by atoms with Crippen molar-refractivity contribution in [3.8, 4) is 11.1 Å². The maximum Gasteiger partial charge on any atom is 0.251 e. The van der Waals surface area contributed by atoms with E-state index in [0.717, 1.165) is 48.9 Å². The molecule has 2 amide bonds. The number of carbonyl (C=O) groups is 2. The Kier molecular flexibility index (Phi) is 7.38. The van der Waals surface area contributed by atoms with E-state index in [0.29, 0.717) is 17.7 Å². The highest BCUT2D eigenvalue weighted by atomic mass is 16.2. The Morgan fingerprint density at radius 2 is 1.90 bits per heavy atom. The number of hydrogen-bond acceptors (Lipinski definition) is 3. The van der Waals surface area contributed by atoms with Gasteiger partial charge >= 0.3 is 0 Å². The van der Waals surface area contributed by atoms with E-state index in [9.17, 15) is 9.59 Å². The zero-order valence-electron chi connectivity index (χ0n) is 17.3. The number of amides is 2. The van der Waals surface area contributed by atoms with Gasteiger partial charge in [-0.25, -0.2) is 4.98 Å². The van der Waals surface area contributed by atoms with Crippen LogP contribution in [0.15, 0.2) is 61.2 Å². The van der Waals surface area contributed by atoms with Gasteiger partial charge in [-0.2, -0.15) is 0 Å². The van der Waals surface area contributed by atoms with Gasteiger partial charge in [-0.3, -0.25) is 9.59 Å². The van der Waals surface area contributed by atoms with Crippen molar-refractivity contribution in [3.63, 3.8) is 0 Å². The van der Waals surface area contributed by atoms with Crippen molar-refractivity contribution in [1.29, 1.82) is 0 Å². The normalized spacial score (nSPS) is 10.7. The molecule has 0 saturated carbocycles. The van der Waals surface area contributed by atoms with Crippen LogP contribution in [0.4, 0.5) is 0 Å². The molecule has 0 saturated heterocycles. The molecule has 0 atom stereocenters. The molecule has 0 aliphatic carbocycles. The standard InChI is InChI=1S/C24H28N4O2/c1-2-13-27-24(30)22-8-5-7-20(18-9-11-19(12-10-18)23(25)29)21(22)6-3-4-15-28-16-14-26-17-28/h5,7-12,14,16-17H,2-4,6,13,15H2,1H3,(H2,25,29)(H,27,30). The number of carbonyl (C=O) groups excluding carboxylic acids is 2. The van der Waals surface area contributed by atoms with E-state index < -0.39 is 5.91 Å². The topological polar surface area (TPSA) is 90.0 Å². The van der Waals surface area contributed by atoms with Crippen LogP contribution < -0.4 is 11.1 Å². The first-order valence-corrected chi connectivity index (χ1v) is 10.4. The van der Waals surface area contributed by atoms with E-state index in [1.54, 1.807) is 18.3 Å². The van der Waals surface area contributed by atoms with Crippen molar-refractivity contribution in [3.05, 3.63) is 77.9 Å². The van der Waals surface area contributed by atoms with Crippen LogP contribution in [-0.4, -0.2) is 27.9 Å². The fourth-order valence-corrected chi connectivity index (χ4v) is 3.50. The van der Waals surface area contributed by atoms with Gasteiger partial charge in [0.1, 0.15) is 0 Å². The van der Waals surface area contributed by atoms with Gasteiger partial charge in [-0.15, -0.1) is 0 Å². The maximum absolute atomic E-state index is 12.8. The van der Waals surface area contributed by atoms with E-state index in [1.165, 1.54) is 0 Å². The third kappa shape index (κ3) is 5.35. The van der Waals surface area contributed by atoms with Crippen molar-refractivity contribution >= 4 is 11.8 Å². The summed E-state index contributed by atoms with van der Waals surface area (Å²) in [6, 6.07) is 13.1. The molecule has 1 heterocycles. The molecule has 156 valence electrons. The summed E-state index contributed by atoms with van der Waals surface area (Å²) in [4.78, 5) is 28.3. The van der Waals surface area contributed by atoms with Gasteiger partial charge in [-0.05, 0) is 60.6 Å². The first-order valence-electron chi connectivity index (χ1n) is 10.4. The SMILES string of the molecule is CCCNC(=O)c1cccc(-c2ccc(C(N)=O)cc2)c1CCCCn1ccnc1. The fourth-order valence-electron chi connectivity index (χ4n) is 3.50. The quantitative estimate of drug-likeness (QED) is 0.504. The molecule has 30 heavy (non-hydrogen) atoms. The van der Waals surface area contributed by atoms with E-state index in [4.69, 9.17) is 5.73 Å². The highest BCUT2D eigenvalue weighted by Gasteiger charge is 2.16. The predicted octanol–water partition coefficient (Wildman–Crippen LogP) is 3.81. The van der Waals surface area contributed by atoms with Crippen molar-refractivity contribution < 1.29 is 9.59 Å². The third-order valence-electron chi connectivity index (χ3n) is 5.09. The number of nitrogens with one attached hydrogen (secondary N) is 1. The summed E-state index contributed by atoms with van der Waals surface area (Å²) in [6.07, 6.45) is 9.17. The summed E-state index contributed by atoms with van der Waals surface area (Å²) in [5.41, 5.74) is 9.56. The molecule has 2 aromatic carbocycles. The molecular formula is C24H28N4O2. The average Bonchev–Trinajstić information content (AvgIpc) is 3.28. The highest BCUT2D eigenvalue weighted by molar-refractivity contribution is 5.98. The second-order valence-electron chi connectivity index (χ2n) is 7.29. The second-order valence-corrected chi connectivity index (χ2v) is 7.29. The zero-order chi connectivity index (χ0) is 21.3. The Morgan fingerprint density at radius 3 is 2.57 bits per heavy atom. The number of unbranched alkanes of at least 4 members (excludes halogenated alkanes) is 1. The van der Waals surface area contributed by atoms with Crippen LogP contribution in [0.3, 0.4) is 0 Å². The average molecular weight is 405 g/mol. The lowest BCUT2D eigenvalue weighted by atomic mass is 9.91. The fraction of sp³-hybridized carbons (Fsp3) is 0.292. The number of aromatic nitrogens is 2. The maximum atomic E-state index is 12.8. The summed E-state index contributed by atoms with van der Waals surface area (Å²) < 4.78 is 2.06. The van der Waals surface area contributed by atoms with Gasteiger partial charge in [0.05, 0.1) is 6.33 Å². The molecule has 0 unspecified atom stereocenters. The first-order chi connectivity index (χ1) is 14.6. The van der Waals surface area contributed by atoms with Gasteiger partial charge in [0.15, 0.2) is 0 Å². The monoisotopic (exact) mass is 404 g/mol. The van der Waals surface area contributed by atoms with Crippen LogP contribution in [0.1, 0.15) is 52.5 Å². The van der Waals surface area contributed by atoms with Gasteiger partial charge in [0.2, 0.25) is 5.91 Å². The number of hydrogen-bond donors (Lipinski definition) is 2. The van der Waals surface area contributed by atoms with Crippen LogP contribution >= 0.6 is 0 Å². The van der Waals surface area contributed by atoms with Crippen molar-refractivity contribution in [2.45, 2.75) is 39.2 Å². The molecule has 6 nitrogen and oxygen atoms in total. The number of aryl methyl sites for hydroxylation is 1. The largest absolute Gasteiger partial charge is 0.366 e. The summed E-state index contributed by atoms with van der Waals surface area (Å²) in [5, 5.41) is 2.99. The van der Waals surface area contributed by atoms with Crippen molar-refractivity contribution in [1.82, 2.24) is 14.9 Å². The third-order valence-corrected chi connectivity index (χ3v) is 5.09. The molecule has 0 radical (unpaired) electrons. The molecule has 3 rings (SSSR count). The zero-order valence-corrected chi connectivity index (χ0v) is 17.3. The van der Waals surface area contributed by atoms with Gasteiger partial charge in [0.25, 0.3) is 5.91 Å². The van der Waals surface area contributed by atoms with E-state index in [-0.39, 0.29) is 5.91 Å². The van der Waals surface area contributed by atoms with E-state index in [2.05, 4.69) is 14.9 Å². The van der Waals surface area contributed by atoms with Gasteiger partial charge in [-0.1, -0.05) is 31.2 Å². The molecule has 0 fully saturated rings. The molecule has 0 aliphatic heterocycles. The minimum atomic E-state index is -0.450. The summed E-state index contributed by atoms with van der Waals surface area (Å²) in [7, 11) is 0. The van der Waals surface area contributed by atoms with E-state index >= 15 is 0 Å². The predicted molar refractivity (Wildman–Crippen MR) is 118 cm³/mol. The van der Waals surface area contributed by atoms with Crippen molar-refractivity contribution in [2.75, 3.05) is 6.54 Å². The number of nitrogens with zero attached hydrogens (tertiary/aromatic N) is 2. The first kappa shape index (κ1) is 21.3. The molecular weight excluding hydrogens is 376 g/mol. The molecule has 0 bridgehead atoms. The number of rotatable bonds is 10. The lowest BCUT2D eigenvalue weighted by Crippen LogP contribution is -2.25. The minimum Gasteiger partial charge on any atom is -0.366 e. The smallest absolute Gasteiger partial charge is 0.251 e. The lowest BCUT2D eigenvalue weighted by Gasteiger charge is -2.16. The molecule has 0 spiro atoms. The molecule has 6 heteroatoms. The molecule has 0 aliphatic rings. The molecule has 3 aromatic rings. The summed E-state index contributed by atoms with van der Waals surface area (Å²) in [6.45, 7) is 3.58. The number of imidazole rings is 1. The Hall–Kier alpha value is -3.41. The van der Waals surface area contributed by atoms with Crippen LogP contribution in [0, 0.1) is 0 Å². The van der Waals surface area contributed by atoms with Gasteiger partial charge < -0.3 is 15.6 Å². The number of primary amides is 1. The van der Waals surface area contributed by atoms with Gasteiger partial charge in [0, 0.05) is 36.6 Å². The van der Waals surface area contributed by atoms with Crippen LogP contribution in [0.25, 0.3) is 11.1 Å². The summed E-state index contributed by atoms with van der Waals surface area (Å²) in [5.74, 6) is -0.494. The number of nitrogens with two attached hydrogens (primary N) is 1. The Morgan fingerprint density at radius 1 is 1.10 bits per heavy atom. The Labute approximate surface area is 177 Å². The lowest BCUT2D eigenvalue weighted by molar-refractivity contribution is 0.0951. The van der Waals surface area contributed by atoms with Crippen LogP contribution in [-0.2, 0) is 13.0 Å². The highest BCUT2D eigenvalue weighted by Crippen LogP contribution is 2.28. The Balaban J connectivity index is 1.86. The minimum absolute atomic E-state index is 0.0444. The Bertz CT molecular complexity index is 979. The number of benzene rings is 2. The summed E-state index contributed by atoms with van der Waals surface area (Å²) >= 11 is 0. The van der Waals surface area contributed by atoms with Crippen LogP contribution in [0.5, 0.6) is 0 Å². The van der Waals surface area contributed by atoms with E-state index in [1.807, 2.05) is 49.8 Å². The van der Waals surface area contributed by atoms with Crippen LogP contribution in [0.2, 0.25) is 0 Å². The van der Waals surface area contributed by atoms with Crippen molar-refractivity contribution in [2.24, 2.45) is 5.73 Å². The molecule has 1 aromatic heterocycles.